The topological polar surface area (TPSA) is 92.8 Å². The van der Waals surface area contributed by atoms with Crippen LogP contribution in [-0.4, -0.2) is 28.5 Å². The fourth-order valence-electron chi connectivity index (χ4n) is 0.866. The van der Waals surface area contributed by atoms with Gasteiger partial charge in [-0.1, -0.05) is 12.2 Å². The molecule has 2 atom stereocenters. The van der Waals surface area contributed by atoms with Crippen LogP contribution in [0, 0.1) is 0 Å². The number of carboxylic acid groups (broad SMARTS) is 1. The number of carbonyl (C=O) groups is 1. The second kappa shape index (κ2) is 3.38. The van der Waals surface area contributed by atoms with E-state index in [-0.39, 0.29) is 5.76 Å². The predicted molar refractivity (Wildman–Crippen MR) is 40.3 cm³/mol. The third-order valence-corrected chi connectivity index (χ3v) is 1.47. The number of hydrogen-bond acceptors (Lipinski definition) is 4. The lowest BCUT2D eigenvalue weighted by molar-refractivity contribution is 0.101. The Labute approximate surface area is 68.7 Å². The summed E-state index contributed by atoms with van der Waals surface area (Å²) in [7, 11) is 0. The van der Waals surface area contributed by atoms with Crippen LogP contribution in [0.3, 0.4) is 0 Å². The number of aliphatic hydroxyl groups is 1. The highest BCUT2D eigenvalue weighted by Crippen LogP contribution is 2.12. The highest BCUT2D eigenvalue weighted by molar-refractivity contribution is 5.59. The van der Waals surface area contributed by atoms with E-state index in [0.29, 0.717) is 0 Å². The van der Waals surface area contributed by atoms with Crippen molar-refractivity contribution in [3.05, 3.63) is 24.0 Å². The molecule has 0 aliphatic heterocycles. The normalized spacial score (nSPS) is 28.0. The number of rotatable bonds is 1. The second-order valence-corrected chi connectivity index (χ2v) is 2.34. The molecule has 0 heterocycles. The summed E-state index contributed by atoms with van der Waals surface area (Å²) in [4.78, 5) is 10.1. The minimum Gasteiger partial charge on any atom is -0.449 e. The quantitative estimate of drug-likeness (QED) is 0.476. The fraction of sp³-hybridized carbons (Fsp3) is 0.286. The number of hydrogen-bond donors (Lipinski definition) is 3. The van der Waals surface area contributed by atoms with Gasteiger partial charge >= 0.3 is 6.16 Å². The summed E-state index contributed by atoms with van der Waals surface area (Å²) < 4.78 is 4.32. The Morgan fingerprint density at radius 2 is 2.33 bits per heavy atom. The van der Waals surface area contributed by atoms with Gasteiger partial charge in [-0.15, -0.1) is 0 Å². The lowest BCUT2D eigenvalue weighted by Crippen LogP contribution is -2.37. The molecule has 0 fully saturated rings. The van der Waals surface area contributed by atoms with E-state index in [9.17, 15) is 4.79 Å². The molecule has 0 saturated carbocycles. The van der Waals surface area contributed by atoms with Crippen molar-refractivity contribution in [3.63, 3.8) is 0 Å². The minimum atomic E-state index is -1.43. The molecule has 0 radical (unpaired) electrons. The third-order valence-electron chi connectivity index (χ3n) is 1.47. The van der Waals surface area contributed by atoms with Crippen LogP contribution in [0.5, 0.6) is 0 Å². The van der Waals surface area contributed by atoms with Gasteiger partial charge < -0.3 is 20.7 Å². The van der Waals surface area contributed by atoms with Crippen molar-refractivity contribution in [2.75, 3.05) is 0 Å². The molecular weight excluding hydrogens is 162 g/mol. The summed E-state index contributed by atoms with van der Waals surface area (Å²) in [6.07, 6.45) is 2.04. The van der Waals surface area contributed by atoms with Crippen molar-refractivity contribution in [1.29, 1.82) is 0 Å². The molecule has 5 nitrogen and oxygen atoms in total. The van der Waals surface area contributed by atoms with Gasteiger partial charge in [-0.25, -0.2) is 4.79 Å². The standard InChI is InChI=1S/C7H9NO4/c8-6-4(9)2-1-3-5(6)12-7(10)11/h1-4,6,9H,8H2,(H,10,11)/t4-,6-/m0/s1. The van der Waals surface area contributed by atoms with Gasteiger partial charge in [0, 0.05) is 0 Å². The number of aliphatic hydroxyl groups excluding tert-OH is 1. The molecule has 0 unspecified atom stereocenters. The summed E-state index contributed by atoms with van der Waals surface area (Å²) in [5.41, 5.74) is 5.41. The monoisotopic (exact) mass is 171 g/mol. The zero-order chi connectivity index (χ0) is 9.14. The second-order valence-electron chi connectivity index (χ2n) is 2.34. The Bertz CT molecular complexity index is 246. The molecule has 12 heavy (non-hydrogen) atoms. The molecule has 5 heteroatoms. The molecule has 0 aromatic heterocycles. The van der Waals surface area contributed by atoms with E-state index in [2.05, 4.69) is 4.74 Å². The lowest BCUT2D eigenvalue weighted by atomic mass is 10.1. The number of ether oxygens (including phenoxy) is 1. The van der Waals surface area contributed by atoms with Crippen molar-refractivity contribution in [2.45, 2.75) is 12.1 Å². The molecule has 0 aromatic carbocycles. The van der Waals surface area contributed by atoms with Crippen LogP contribution in [-0.2, 0) is 4.74 Å². The van der Waals surface area contributed by atoms with Gasteiger partial charge in [0.2, 0.25) is 0 Å². The van der Waals surface area contributed by atoms with E-state index in [4.69, 9.17) is 15.9 Å². The highest BCUT2D eigenvalue weighted by atomic mass is 16.7. The summed E-state index contributed by atoms with van der Waals surface area (Å²) >= 11 is 0. The van der Waals surface area contributed by atoms with Crippen molar-refractivity contribution in [1.82, 2.24) is 0 Å². The van der Waals surface area contributed by atoms with Crippen molar-refractivity contribution in [3.8, 4) is 0 Å². The lowest BCUT2D eigenvalue weighted by Gasteiger charge is -2.19. The third kappa shape index (κ3) is 1.84. The summed E-state index contributed by atoms with van der Waals surface area (Å²) in [5.74, 6) is 0.0532. The summed E-state index contributed by atoms with van der Waals surface area (Å²) in [6.45, 7) is 0. The molecule has 1 rings (SSSR count). The van der Waals surface area contributed by atoms with Gasteiger partial charge in [0.15, 0.2) is 0 Å². The zero-order valence-corrected chi connectivity index (χ0v) is 6.18. The Balaban J connectivity index is 2.69. The van der Waals surface area contributed by atoms with Crippen molar-refractivity contribution >= 4 is 6.16 Å². The van der Waals surface area contributed by atoms with E-state index in [0.717, 1.165) is 0 Å². The number of allylic oxidation sites excluding steroid dienone is 2. The molecule has 0 spiro atoms. The average Bonchev–Trinajstić information content (AvgIpc) is 1.98. The molecule has 0 aromatic rings. The van der Waals surface area contributed by atoms with Gasteiger partial charge in [-0.2, -0.15) is 0 Å². The largest absolute Gasteiger partial charge is 0.511 e. The van der Waals surface area contributed by atoms with Crippen LogP contribution in [0.25, 0.3) is 0 Å². The van der Waals surface area contributed by atoms with E-state index < -0.39 is 18.3 Å². The SMILES string of the molecule is N[C@@H]1C(OC(=O)O)=CC=C[C@@H]1O. The van der Waals surface area contributed by atoms with E-state index in [1.54, 1.807) is 0 Å². The van der Waals surface area contributed by atoms with Crippen LogP contribution in [0.2, 0.25) is 0 Å². The van der Waals surface area contributed by atoms with Crippen LogP contribution in [0.15, 0.2) is 24.0 Å². The molecule has 1 aliphatic carbocycles. The fourth-order valence-corrected chi connectivity index (χ4v) is 0.866. The zero-order valence-electron chi connectivity index (χ0n) is 6.18. The Kier molecular flexibility index (Phi) is 2.47. The number of nitrogens with two attached hydrogens (primary N) is 1. The molecule has 4 N–H and O–H groups in total. The van der Waals surface area contributed by atoms with E-state index in [1.165, 1.54) is 18.2 Å². The first-order chi connectivity index (χ1) is 5.61. The first-order valence-electron chi connectivity index (χ1n) is 3.34. The maximum absolute atomic E-state index is 10.1. The summed E-state index contributed by atoms with van der Waals surface area (Å²) in [6, 6.07) is -0.800. The van der Waals surface area contributed by atoms with E-state index >= 15 is 0 Å². The van der Waals surface area contributed by atoms with Crippen LogP contribution in [0.1, 0.15) is 0 Å². The minimum absolute atomic E-state index is 0.0532. The van der Waals surface area contributed by atoms with Crippen molar-refractivity contribution in [2.24, 2.45) is 5.73 Å². The predicted octanol–water partition coefficient (Wildman–Crippen LogP) is -0.177. The maximum Gasteiger partial charge on any atom is 0.511 e. The van der Waals surface area contributed by atoms with Crippen LogP contribution in [0.4, 0.5) is 4.79 Å². The molecule has 0 saturated heterocycles. The Morgan fingerprint density at radius 1 is 1.67 bits per heavy atom. The van der Waals surface area contributed by atoms with Crippen LogP contribution >= 0.6 is 0 Å². The van der Waals surface area contributed by atoms with Gasteiger partial charge in [-0.05, 0) is 6.08 Å². The first-order valence-corrected chi connectivity index (χ1v) is 3.34. The molecule has 0 amide bonds. The van der Waals surface area contributed by atoms with Gasteiger partial charge in [0.25, 0.3) is 0 Å². The Hall–Kier alpha value is -1.33. The smallest absolute Gasteiger partial charge is 0.449 e. The molecular formula is C7H9NO4. The van der Waals surface area contributed by atoms with E-state index in [1.807, 2.05) is 0 Å². The molecule has 66 valence electrons. The highest BCUT2D eigenvalue weighted by Gasteiger charge is 2.22. The van der Waals surface area contributed by atoms with Crippen molar-refractivity contribution < 1.29 is 19.7 Å². The molecule has 1 aliphatic rings. The van der Waals surface area contributed by atoms with Gasteiger partial charge in [0.05, 0.1) is 12.1 Å². The maximum atomic E-state index is 10.1. The molecule has 0 bridgehead atoms. The van der Waals surface area contributed by atoms with Gasteiger partial charge in [-0.3, -0.25) is 0 Å². The first kappa shape index (κ1) is 8.76. The Morgan fingerprint density at radius 3 is 2.92 bits per heavy atom. The average molecular weight is 171 g/mol. The van der Waals surface area contributed by atoms with Gasteiger partial charge in [0.1, 0.15) is 5.76 Å². The van der Waals surface area contributed by atoms with Crippen LogP contribution < -0.4 is 5.73 Å². The summed E-state index contributed by atoms with van der Waals surface area (Å²) in [5, 5.41) is 17.4.